The number of ether oxygens (including phenoxy) is 1. The van der Waals surface area contributed by atoms with Crippen molar-refractivity contribution < 1.29 is 19.4 Å². The lowest BCUT2D eigenvalue weighted by Gasteiger charge is -2.11. The maximum atomic E-state index is 12.0. The molecular formula is C14H17NO4. The highest BCUT2D eigenvalue weighted by Gasteiger charge is 2.50. The Hall–Kier alpha value is -2.04. The van der Waals surface area contributed by atoms with Crippen LogP contribution in [0.3, 0.4) is 0 Å². The summed E-state index contributed by atoms with van der Waals surface area (Å²) in [4.78, 5) is 22.5. The van der Waals surface area contributed by atoms with Crippen molar-refractivity contribution in [1.82, 2.24) is 0 Å². The highest BCUT2D eigenvalue weighted by Crippen LogP contribution is 2.52. The molecule has 5 heteroatoms. The lowest BCUT2D eigenvalue weighted by Crippen LogP contribution is -2.18. The largest absolute Gasteiger partial charge is 0.480 e. The molecule has 1 atom stereocenters. The van der Waals surface area contributed by atoms with Gasteiger partial charge in [-0.05, 0) is 24.0 Å². The zero-order valence-corrected chi connectivity index (χ0v) is 11.0. The molecule has 0 radical (unpaired) electrons. The Bertz CT molecular complexity index is 510. The summed E-state index contributed by atoms with van der Waals surface area (Å²) < 4.78 is 5.14. The molecule has 1 aromatic rings. The standard InChI is InChI=1S/C14H17NO4/c1-14(2)7-9(14)13(18)15-10-5-3-4-6-11(10)19-8-12(16)17/h3-6,9H,7-8H2,1-2H3,(H,15,18)(H,16,17). The third-order valence-electron chi connectivity index (χ3n) is 3.33. The number of para-hydroxylation sites is 2. The van der Waals surface area contributed by atoms with Crippen LogP contribution in [0, 0.1) is 11.3 Å². The van der Waals surface area contributed by atoms with Gasteiger partial charge in [-0.2, -0.15) is 0 Å². The average molecular weight is 263 g/mol. The van der Waals surface area contributed by atoms with Crippen LogP contribution in [0.1, 0.15) is 20.3 Å². The van der Waals surface area contributed by atoms with E-state index in [4.69, 9.17) is 9.84 Å². The topological polar surface area (TPSA) is 75.6 Å². The molecule has 0 bridgehead atoms. The number of hydrogen-bond acceptors (Lipinski definition) is 3. The molecule has 0 spiro atoms. The highest BCUT2D eigenvalue weighted by atomic mass is 16.5. The van der Waals surface area contributed by atoms with E-state index in [2.05, 4.69) is 5.32 Å². The number of carboxylic acids is 1. The minimum atomic E-state index is -1.05. The molecule has 1 aliphatic carbocycles. The first kappa shape index (κ1) is 13.4. The molecule has 2 N–H and O–H groups in total. The molecule has 1 amide bonds. The van der Waals surface area contributed by atoms with Crippen LogP contribution in [-0.4, -0.2) is 23.6 Å². The smallest absolute Gasteiger partial charge is 0.341 e. The fourth-order valence-electron chi connectivity index (χ4n) is 1.97. The molecule has 1 aliphatic rings. The predicted octanol–water partition coefficient (Wildman–Crippen LogP) is 2.13. The van der Waals surface area contributed by atoms with E-state index < -0.39 is 12.6 Å². The van der Waals surface area contributed by atoms with Gasteiger partial charge in [0.2, 0.25) is 5.91 Å². The minimum absolute atomic E-state index is 0.0139. The molecular weight excluding hydrogens is 246 g/mol. The third kappa shape index (κ3) is 3.24. The summed E-state index contributed by atoms with van der Waals surface area (Å²) in [6.07, 6.45) is 0.872. The second-order valence-electron chi connectivity index (χ2n) is 5.41. The first-order valence-electron chi connectivity index (χ1n) is 6.14. The van der Waals surface area contributed by atoms with Gasteiger partial charge in [0.25, 0.3) is 0 Å². The Labute approximate surface area is 111 Å². The van der Waals surface area contributed by atoms with E-state index in [0.717, 1.165) is 6.42 Å². The number of benzene rings is 1. The fraction of sp³-hybridized carbons (Fsp3) is 0.429. The number of carboxylic acid groups (broad SMARTS) is 1. The molecule has 2 rings (SSSR count). The van der Waals surface area contributed by atoms with Crippen LogP contribution < -0.4 is 10.1 Å². The van der Waals surface area contributed by atoms with E-state index in [1.54, 1.807) is 24.3 Å². The van der Waals surface area contributed by atoms with Gasteiger partial charge in [0.05, 0.1) is 5.69 Å². The molecule has 0 aromatic heterocycles. The monoisotopic (exact) mass is 263 g/mol. The van der Waals surface area contributed by atoms with Crippen LogP contribution >= 0.6 is 0 Å². The first-order chi connectivity index (χ1) is 8.90. The van der Waals surface area contributed by atoms with Crippen LogP contribution in [-0.2, 0) is 9.59 Å². The summed E-state index contributed by atoms with van der Waals surface area (Å²) >= 11 is 0. The normalized spacial score (nSPS) is 19.6. The van der Waals surface area contributed by atoms with Crippen molar-refractivity contribution in [1.29, 1.82) is 0 Å². The number of carbonyl (C=O) groups excluding carboxylic acids is 1. The molecule has 0 saturated heterocycles. The van der Waals surface area contributed by atoms with Crippen molar-refractivity contribution in [2.75, 3.05) is 11.9 Å². The van der Waals surface area contributed by atoms with Gasteiger partial charge in [0.1, 0.15) is 5.75 Å². The van der Waals surface area contributed by atoms with Crippen molar-refractivity contribution in [2.24, 2.45) is 11.3 Å². The Morgan fingerprint density at radius 3 is 2.63 bits per heavy atom. The van der Waals surface area contributed by atoms with E-state index in [-0.39, 0.29) is 17.2 Å². The van der Waals surface area contributed by atoms with Crippen molar-refractivity contribution in [3.63, 3.8) is 0 Å². The summed E-state index contributed by atoms with van der Waals surface area (Å²) in [5.41, 5.74) is 0.567. The SMILES string of the molecule is CC1(C)CC1C(=O)Nc1ccccc1OCC(=O)O. The minimum Gasteiger partial charge on any atom is -0.480 e. The van der Waals surface area contributed by atoms with Gasteiger partial charge in [-0.25, -0.2) is 4.79 Å². The second-order valence-corrected chi connectivity index (χ2v) is 5.41. The van der Waals surface area contributed by atoms with E-state index >= 15 is 0 Å². The van der Waals surface area contributed by atoms with Crippen molar-refractivity contribution >= 4 is 17.6 Å². The zero-order chi connectivity index (χ0) is 14.0. The molecule has 1 saturated carbocycles. The summed E-state index contributed by atoms with van der Waals surface area (Å²) in [5, 5.41) is 11.4. The Morgan fingerprint density at radius 1 is 1.42 bits per heavy atom. The van der Waals surface area contributed by atoms with Gasteiger partial charge in [-0.1, -0.05) is 26.0 Å². The maximum Gasteiger partial charge on any atom is 0.341 e. The fourth-order valence-corrected chi connectivity index (χ4v) is 1.97. The lowest BCUT2D eigenvalue weighted by molar-refractivity contribution is -0.139. The molecule has 0 aliphatic heterocycles. The van der Waals surface area contributed by atoms with Crippen LogP contribution in [0.4, 0.5) is 5.69 Å². The quantitative estimate of drug-likeness (QED) is 0.853. The average Bonchev–Trinajstić information content (AvgIpc) is 2.97. The Morgan fingerprint density at radius 2 is 2.05 bits per heavy atom. The molecule has 1 unspecified atom stereocenters. The summed E-state index contributed by atoms with van der Waals surface area (Å²) in [6, 6.07) is 6.83. The van der Waals surface area contributed by atoms with Crippen LogP contribution in [0.15, 0.2) is 24.3 Å². The first-order valence-corrected chi connectivity index (χ1v) is 6.14. The lowest BCUT2D eigenvalue weighted by atomic mass is 10.1. The summed E-state index contributed by atoms with van der Waals surface area (Å²) in [5.74, 6) is -0.711. The van der Waals surface area contributed by atoms with Gasteiger partial charge < -0.3 is 15.2 Å². The molecule has 19 heavy (non-hydrogen) atoms. The van der Waals surface area contributed by atoms with Crippen LogP contribution in [0.25, 0.3) is 0 Å². The molecule has 1 aromatic carbocycles. The van der Waals surface area contributed by atoms with Gasteiger partial charge in [0.15, 0.2) is 6.61 Å². The highest BCUT2D eigenvalue weighted by molar-refractivity contribution is 5.96. The number of anilines is 1. The van der Waals surface area contributed by atoms with E-state index in [1.807, 2.05) is 13.8 Å². The van der Waals surface area contributed by atoms with E-state index in [0.29, 0.717) is 11.4 Å². The summed E-state index contributed by atoms with van der Waals surface area (Å²) in [7, 11) is 0. The van der Waals surface area contributed by atoms with Gasteiger partial charge in [0, 0.05) is 5.92 Å². The number of rotatable bonds is 5. The van der Waals surface area contributed by atoms with Crippen LogP contribution in [0.5, 0.6) is 5.75 Å². The van der Waals surface area contributed by atoms with Crippen molar-refractivity contribution in [3.05, 3.63) is 24.3 Å². The van der Waals surface area contributed by atoms with Crippen LogP contribution in [0.2, 0.25) is 0 Å². The molecule has 102 valence electrons. The second kappa shape index (κ2) is 4.91. The predicted molar refractivity (Wildman–Crippen MR) is 70.1 cm³/mol. The van der Waals surface area contributed by atoms with Crippen molar-refractivity contribution in [2.45, 2.75) is 20.3 Å². The third-order valence-corrected chi connectivity index (χ3v) is 3.33. The van der Waals surface area contributed by atoms with E-state index in [9.17, 15) is 9.59 Å². The number of carbonyl (C=O) groups is 2. The van der Waals surface area contributed by atoms with Crippen molar-refractivity contribution in [3.8, 4) is 5.75 Å². The molecule has 0 heterocycles. The van der Waals surface area contributed by atoms with Gasteiger partial charge in [-0.3, -0.25) is 4.79 Å². The maximum absolute atomic E-state index is 12.0. The molecule has 5 nitrogen and oxygen atoms in total. The zero-order valence-electron chi connectivity index (χ0n) is 11.0. The Kier molecular flexibility index (Phi) is 3.46. The molecule has 1 fully saturated rings. The number of aliphatic carboxylic acids is 1. The number of hydrogen-bond donors (Lipinski definition) is 2. The van der Waals surface area contributed by atoms with Gasteiger partial charge >= 0.3 is 5.97 Å². The number of nitrogens with one attached hydrogen (secondary N) is 1. The van der Waals surface area contributed by atoms with E-state index in [1.165, 1.54) is 0 Å². The number of amides is 1. The van der Waals surface area contributed by atoms with Gasteiger partial charge in [-0.15, -0.1) is 0 Å². The summed E-state index contributed by atoms with van der Waals surface area (Å²) in [6.45, 7) is 3.66. The Balaban J connectivity index is 2.03.